The van der Waals surface area contributed by atoms with Gasteiger partial charge in [0.1, 0.15) is 0 Å². The Balaban J connectivity index is 1.36. The zero-order valence-electron chi connectivity index (χ0n) is 15.5. The molecular formula is C24H25NO2. The fourth-order valence-electron chi connectivity index (χ4n) is 3.81. The van der Waals surface area contributed by atoms with E-state index >= 15 is 0 Å². The maximum absolute atomic E-state index is 13.0. The maximum Gasteiger partial charge on any atom is 0.253 e. The van der Waals surface area contributed by atoms with E-state index in [-0.39, 0.29) is 5.91 Å². The standard InChI is InChI=1S/C24H25NO2/c26-24(23-13-12-21-10-4-5-11-22(21)15-23)25-14-6-9-20(16-25)18-27-17-19-7-2-1-3-8-19/h1-5,7-8,10-13,15,20H,6,9,14,16-18H2. The van der Waals surface area contributed by atoms with Crippen LogP contribution in [0.5, 0.6) is 0 Å². The minimum atomic E-state index is 0.133. The summed E-state index contributed by atoms with van der Waals surface area (Å²) >= 11 is 0. The van der Waals surface area contributed by atoms with Crippen LogP contribution in [0.15, 0.2) is 72.8 Å². The van der Waals surface area contributed by atoms with Gasteiger partial charge in [-0.2, -0.15) is 0 Å². The first-order valence-corrected chi connectivity index (χ1v) is 9.69. The van der Waals surface area contributed by atoms with E-state index in [4.69, 9.17) is 4.74 Å². The van der Waals surface area contributed by atoms with Crippen molar-refractivity contribution in [3.05, 3.63) is 83.9 Å². The molecule has 1 saturated heterocycles. The van der Waals surface area contributed by atoms with Gasteiger partial charge in [0.05, 0.1) is 13.2 Å². The summed E-state index contributed by atoms with van der Waals surface area (Å²) < 4.78 is 5.91. The van der Waals surface area contributed by atoms with Gasteiger partial charge in [-0.3, -0.25) is 4.79 Å². The Labute approximate surface area is 160 Å². The van der Waals surface area contributed by atoms with Crippen molar-refractivity contribution >= 4 is 16.7 Å². The molecule has 3 aromatic rings. The molecule has 0 aromatic heterocycles. The van der Waals surface area contributed by atoms with E-state index in [0.29, 0.717) is 19.1 Å². The van der Waals surface area contributed by atoms with Gasteiger partial charge in [0.2, 0.25) is 0 Å². The van der Waals surface area contributed by atoms with Crippen molar-refractivity contribution in [2.24, 2.45) is 5.92 Å². The second-order valence-electron chi connectivity index (χ2n) is 7.32. The average molecular weight is 359 g/mol. The van der Waals surface area contributed by atoms with Crippen LogP contribution < -0.4 is 0 Å². The van der Waals surface area contributed by atoms with Crippen molar-refractivity contribution in [1.82, 2.24) is 4.90 Å². The highest BCUT2D eigenvalue weighted by Gasteiger charge is 2.24. The molecule has 27 heavy (non-hydrogen) atoms. The second-order valence-corrected chi connectivity index (χ2v) is 7.32. The first-order chi connectivity index (χ1) is 13.3. The summed E-state index contributed by atoms with van der Waals surface area (Å²) in [6.07, 6.45) is 2.16. The lowest BCUT2D eigenvalue weighted by Gasteiger charge is -2.32. The number of nitrogens with zero attached hydrogens (tertiary/aromatic N) is 1. The van der Waals surface area contributed by atoms with E-state index in [9.17, 15) is 4.79 Å². The lowest BCUT2D eigenvalue weighted by Crippen LogP contribution is -2.41. The van der Waals surface area contributed by atoms with Gasteiger partial charge in [-0.1, -0.05) is 60.7 Å². The van der Waals surface area contributed by atoms with E-state index in [1.165, 1.54) is 10.9 Å². The van der Waals surface area contributed by atoms with Crippen molar-refractivity contribution in [2.45, 2.75) is 19.4 Å². The van der Waals surface area contributed by atoms with Crippen LogP contribution in [0.4, 0.5) is 0 Å². The molecule has 1 aliphatic rings. The summed E-state index contributed by atoms with van der Waals surface area (Å²) in [6, 6.07) is 24.4. The van der Waals surface area contributed by atoms with E-state index in [1.54, 1.807) is 0 Å². The van der Waals surface area contributed by atoms with Crippen LogP contribution in [0.2, 0.25) is 0 Å². The van der Waals surface area contributed by atoms with Gasteiger partial charge in [0.15, 0.2) is 0 Å². The van der Waals surface area contributed by atoms with Gasteiger partial charge in [0.25, 0.3) is 5.91 Å². The maximum atomic E-state index is 13.0. The van der Waals surface area contributed by atoms with Gasteiger partial charge in [0, 0.05) is 18.7 Å². The van der Waals surface area contributed by atoms with Crippen LogP contribution in [-0.2, 0) is 11.3 Å². The fourth-order valence-corrected chi connectivity index (χ4v) is 3.81. The Hall–Kier alpha value is -2.65. The minimum absolute atomic E-state index is 0.133. The van der Waals surface area contributed by atoms with E-state index in [1.807, 2.05) is 53.4 Å². The van der Waals surface area contributed by atoms with Crippen LogP contribution in [-0.4, -0.2) is 30.5 Å². The summed E-state index contributed by atoms with van der Waals surface area (Å²) in [7, 11) is 0. The molecule has 1 aliphatic heterocycles. The smallest absolute Gasteiger partial charge is 0.253 e. The first-order valence-electron chi connectivity index (χ1n) is 9.69. The molecule has 0 N–H and O–H groups in total. The molecule has 0 bridgehead atoms. The molecule has 0 radical (unpaired) electrons. The lowest BCUT2D eigenvalue weighted by molar-refractivity contribution is 0.0426. The van der Waals surface area contributed by atoms with Gasteiger partial charge in [-0.05, 0) is 47.2 Å². The molecule has 3 aromatic carbocycles. The summed E-state index contributed by atoms with van der Waals surface area (Å²) in [5.41, 5.74) is 1.97. The Morgan fingerprint density at radius 3 is 2.59 bits per heavy atom. The molecule has 138 valence electrons. The first kappa shape index (κ1) is 17.7. The zero-order chi connectivity index (χ0) is 18.5. The third-order valence-corrected chi connectivity index (χ3v) is 5.27. The number of hydrogen-bond donors (Lipinski definition) is 0. The van der Waals surface area contributed by atoms with Crippen molar-refractivity contribution in [3.8, 4) is 0 Å². The quantitative estimate of drug-likeness (QED) is 0.648. The van der Waals surface area contributed by atoms with Crippen molar-refractivity contribution in [1.29, 1.82) is 0 Å². The monoisotopic (exact) mass is 359 g/mol. The molecular weight excluding hydrogens is 334 g/mol. The predicted octanol–water partition coefficient (Wildman–Crippen LogP) is 4.91. The summed E-state index contributed by atoms with van der Waals surface area (Å²) in [5, 5.41) is 2.28. The zero-order valence-corrected chi connectivity index (χ0v) is 15.5. The fraction of sp³-hybridized carbons (Fsp3) is 0.292. The van der Waals surface area contributed by atoms with Gasteiger partial charge in [-0.15, -0.1) is 0 Å². The molecule has 1 fully saturated rings. The molecule has 3 nitrogen and oxygen atoms in total. The van der Waals surface area contributed by atoms with Crippen molar-refractivity contribution < 1.29 is 9.53 Å². The van der Waals surface area contributed by atoms with Crippen LogP contribution >= 0.6 is 0 Å². The molecule has 1 heterocycles. The number of rotatable bonds is 5. The van der Waals surface area contributed by atoms with Crippen molar-refractivity contribution in [2.75, 3.05) is 19.7 Å². The third-order valence-electron chi connectivity index (χ3n) is 5.27. The summed E-state index contributed by atoms with van der Waals surface area (Å²) in [4.78, 5) is 15.0. The van der Waals surface area contributed by atoms with Crippen LogP contribution in [0.1, 0.15) is 28.8 Å². The lowest BCUT2D eigenvalue weighted by atomic mass is 9.97. The molecule has 1 atom stereocenters. The highest BCUT2D eigenvalue weighted by molar-refractivity contribution is 5.98. The van der Waals surface area contributed by atoms with Gasteiger partial charge < -0.3 is 9.64 Å². The highest BCUT2D eigenvalue weighted by Crippen LogP contribution is 2.22. The molecule has 0 spiro atoms. The van der Waals surface area contributed by atoms with E-state index < -0.39 is 0 Å². The number of amides is 1. The number of carbonyl (C=O) groups excluding carboxylic acids is 1. The normalized spacial score (nSPS) is 17.2. The summed E-state index contributed by atoms with van der Waals surface area (Å²) in [6.45, 7) is 2.95. The molecule has 3 heteroatoms. The molecule has 4 rings (SSSR count). The van der Waals surface area contributed by atoms with E-state index in [0.717, 1.165) is 36.9 Å². The van der Waals surface area contributed by atoms with Crippen LogP contribution in [0, 0.1) is 5.92 Å². The second kappa shape index (κ2) is 8.36. The van der Waals surface area contributed by atoms with Gasteiger partial charge in [-0.25, -0.2) is 0 Å². The van der Waals surface area contributed by atoms with Crippen molar-refractivity contribution in [3.63, 3.8) is 0 Å². The molecule has 1 unspecified atom stereocenters. The van der Waals surface area contributed by atoms with Crippen LogP contribution in [0.3, 0.4) is 0 Å². The number of ether oxygens (including phenoxy) is 1. The largest absolute Gasteiger partial charge is 0.376 e. The Morgan fingerprint density at radius 1 is 0.963 bits per heavy atom. The van der Waals surface area contributed by atoms with E-state index in [2.05, 4.69) is 24.3 Å². The SMILES string of the molecule is O=C(c1ccc2ccccc2c1)N1CCCC(COCc2ccccc2)C1. The average Bonchev–Trinajstić information content (AvgIpc) is 2.74. The Morgan fingerprint density at radius 2 is 1.74 bits per heavy atom. The third kappa shape index (κ3) is 4.37. The Bertz CT molecular complexity index is 906. The number of benzene rings is 3. The number of piperidine rings is 1. The predicted molar refractivity (Wildman–Crippen MR) is 109 cm³/mol. The van der Waals surface area contributed by atoms with Gasteiger partial charge >= 0.3 is 0 Å². The molecule has 0 aliphatic carbocycles. The minimum Gasteiger partial charge on any atom is -0.376 e. The topological polar surface area (TPSA) is 29.5 Å². The Kier molecular flexibility index (Phi) is 5.50. The summed E-state index contributed by atoms with van der Waals surface area (Å²) in [5.74, 6) is 0.542. The number of likely N-dealkylation sites (tertiary alicyclic amines) is 1. The van der Waals surface area contributed by atoms with Crippen LogP contribution in [0.25, 0.3) is 10.8 Å². The number of fused-ring (bicyclic) bond motifs is 1. The molecule has 0 saturated carbocycles. The highest BCUT2D eigenvalue weighted by atomic mass is 16.5. The number of hydrogen-bond acceptors (Lipinski definition) is 2. The number of carbonyl (C=O) groups is 1. The molecule has 1 amide bonds.